The van der Waals surface area contributed by atoms with Crippen LogP contribution in [0.15, 0.2) is 28.9 Å². The molecule has 1 heterocycles. The second kappa shape index (κ2) is 6.25. The molecular formula is C13H16BrFN4. The van der Waals surface area contributed by atoms with Crippen molar-refractivity contribution in [2.75, 3.05) is 6.54 Å². The summed E-state index contributed by atoms with van der Waals surface area (Å²) < 4.78 is 15.8. The minimum atomic E-state index is -0.250. The number of aromatic nitrogens is 3. The maximum atomic E-state index is 13.6. The lowest BCUT2D eigenvalue weighted by atomic mass is 10.0. The third-order valence-electron chi connectivity index (χ3n) is 2.86. The van der Waals surface area contributed by atoms with Gasteiger partial charge in [0.25, 0.3) is 0 Å². The summed E-state index contributed by atoms with van der Waals surface area (Å²) in [7, 11) is 1.83. The predicted molar refractivity (Wildman–Crippen MR) is 75.2 cm³/mol. The number of halogens is 2. The fourth-order valence-electron chi connectivity index (χ4n) is 1.98. The van der Waals surface area contributed by atoms with Crippen molar-refractivity contribution < 1.29 is 4.39 Å². The number of aryl methyl sites for hydroxylation is 1. The van der Waals surface area contributed by atoms with E-state index in [9.17, 15) is 4.39 Å². The Morgan fingerprint density at radius 3 is 2.84 bits per heavy atom. The van der Waals surface area contributed by atoms with Crippen molar-refractivity contribution in [2.45, 2.75) is 19.4 Å². The molecule has 19 heavy (non-hydrogen) atoms. The predicted octanol–water partition coefficient (Wildman–Crippen LogP) is 2.61. The van der Waals surface area contributed by atoms with Gasteiger partial charge in [0.2, 0.25) is 0 Å². The van der Waals surface area contributed by atoms with Crippen molar-refractivity contribution in [3.63, 3.8) is 0 Å². The van der Waals surface area contributed by atoms with Crippen LogP contribution in [0.1, 0.15) is 24.2 Å². The molecule has 0 spiro atoms. The average molecular weight is 327 g/mol. The molecule has 102 valence electrons. The highest BCUT2D eigenvalue weighted by atomic mass is 79.9. The third-order valence-corrected chi connectivity index (χ3v) is 3.50. The first-order valence-corrected chi connectivity index (χ1v) is 6.93. The van der Waals surface area contributed by atoms with Gasteiger partial charge < -0.3 is 5.32 Å². The molecule has 0 amide bonds. The van der Waals surface area contributed by atoms with E-state index in [1.54, 1.807) is 16.8 Å². The molecule has 2 rings (SSSR count). The first-order valence-electron chi connectivity index (χ1n) is 6.13. The zero-order valence-corrected chi connectivity index (χ0v) is 12.5. The van der Waals surface area contributed by atoms with Crippen molar-refractivity contribution in [2.24, 2.45) is 7.05 Å². The van der Waals surface area contributed by atoms with Crippen molar-refractivity contribution >= 4 is 15.9 Å². The lowest BCUT2D eigenvalue weighted by Gasteiger charge is -2.17. The van der Waals surface area contributed by atoms with E-state index in [1.165, 1.54) is 0 Å². The molecule has 0 radical (unpaired) electrons. The molecule has 1 atom stereocenters. The lowest BCUT2D eigenvalue weighted by molar-refractivity contribution is 0.536. The Bertz CT molecular complexity index is 555. The summed E-state index contributed by atoms with van der Waals surface area (Å²) in [6.45, 7) is 2.83. The van der Waals surface area contributed by atoms with Crippen molar-refractivity contribution in [1.82, 2.24) is 20.3 Å². The number of likely N-dealkylation sites (N-methyl/N-ethyl adjacent to an activating group) is 1. The van der Waals surface area contributed by atoms with Gasteiger partial charge in [0.05, 0.1) is 10.2 Å². The maximum Gasteiger partial charge on any atom is 0.137 e. The Labute approximate surface area is 120 Å². The summed E-state index contributed by atoms with van der Waals surface area (Å²) in [5, 5.41) is 11.3. The van der Waals surface area contributed by atoms with Gasteiger partial charge in [0.1, 0.15) is 5.82 Å². The lowest BCUT2D eigenvalue weighted by Crippen LogP contribution is -2.23. The largest absolute Gasteiger partial charge is 0.310 e. The van der Waals surface area contributed by atoms with Gasteiger partial charge in [0, 0.05) is 25.7 Å². The second-order valence-corrected chi connectivity index (χ2v) is 5.23. The van der Waals surface area contributed by atoms with E-state index in [2.05, 4.69) is 31.6 Å². The number of hydrogen-bond donors (Lipinski definition) is 1. The standard InChI is InChI=1S/C13H16BrFN4/c1-3-16-13(7-10-8-19(2)18-17-10)9-4-5-11(14)12(15)6-9/h4-6,8,13,16H,3,7H2,1-2H3. The molecule has 0 aliphatic heterocycles. The molecule has 0 saturated heterocycles. The van der Waals surface area contributed by atoms with Crippen LogP contribution >= 0.6 is 15.9 Å². The number of benzene rings is 1. The van der Waals surface area contributed by atoms with Gasteiger partial charge in [-0.2, -0.15) is 0 Å². The Morgan fingerprint density at radius 2 is 2.26 bits per heavy atom. The van der Waals surface area contributed by atoms with E-state index in [-0.39, 0.29) is 11.9 Å². The van der Waals surface area contributed by atoms with Crippen molar-refractivity contribution in [3.8, 4) is 0 Å². The first kappa shape index (κ1) is 14.1. The van der Waals surface area contributed by atoms with Crippen LogP contribution in [-0.4, -0.2) is 21.5 Å². The molecule has 1 aromatic carbocycles. The summed E-state index contributed by atoms with van der Waals surface area (Å²) in [6.07, 6.45) is 2.56. The van der Waals surface area contributed by atoms with E-state index < -0.39 is 0 Å². The van der Waals surface area contributed by atoms with Crippen LogP contribution in [0.3, 0.4) is 0 Å². The number of hydrogen-bond acceptors (Lipinski definition) is 3. The smallest absolute Gasteiger partial charge is 0.137 e. The summed E-state index contributed by atoms with van der Waals surface area (Å²) in [5.41, 5.74) is 1.80. The number of nitrogens with zero attached hydrogens (tertiary/aromatic N) is 3. The molecule has 0 fully saturated rings. The SMILES string of the molecule is CCNC(Cc1cn(C)nn1)c1ccc(Br)c(F)c1. The van der Waals surface area contributed by atoms with Gasteiger partial charge in [-0.1, -0.05) is 18.2 Å². The fraction of sp³-hybridized carbons (Fsp3) is 0.385. The molecule has 0 aliphatic carbocycles. The zero-order valence-electron chi connectivity index (χ0n) is 10.9. The highest BCUT2D eigenvalue weighted by Gasteiger charge is 2.14. The molecule has 0 aliphatic rings. The summed E-state index contributed by atoms with van der Waals surface area (Å²) in [4.78, 5) is 0. The van der Waals surface area contributed by atoms with Crippen LogP contribution < -0.4 is 5.32 Å². The zero-order chi connectivity index (χ0) is 13.8. The van der Waals surface area contributed by atoms with E-state index >= 15 is 0 Å². The van der Waals surface area contributed by atoms with Crippen LogP contribution in [0.4, 0.5) is 4.39 Å². The highest BCUT2D eigenvalue weighted by Crippen LogP contribution is 2.22. The summed E-state index contributed by atoms with van der Waals surface area (Å²) >= 11 is 3.17. The molecule has 0 saturated carbocycles. The molecule has 6 heteroatoms. The molecule has 1 unspecified atom stereocenters. The summed E-state index contributed by atoms with van der Waals surface area (Å²) in [5.74, 6) is -0.250. The Hall–Kier alpha value is -1.27. The van der Waals surface area contributed by atoms with E-state index in [1.807, 2.05) is 26.2 Å². The van der Waals surface area contributed by atoms with Crippen LogP contribution in [0.2, 0.25) is 0 Å². The first-order chi connectivity index (χ1) is 9.10. The van der Waals surface area contributed by atoms with Crippen LogP contribution in [-0.2, 0) is 13.5 Å². The quantitative estimate of drug-likeness (QED) is 0.918. The van der Waals surface area contributed by atoms with E-state index in [0.717, 1.165) is 17.8 Å². The Morgan fingerprint density at radius 1 is 1.47 bits per heavy atom. The minimum absolute atomic E-state index is 0.0318. The fourth-order valence-corrected chi connectivity index (χ4v) is 2.23. The number of nitrogens with one attached hydrogen (secondary N) is 1. The van der Waals surface area contributed by atoms with Gasteiger partial charge in [-0.25, -0.2) is 4.39 Å². The maximum absolute atomic E-state index is 13.6. The normalized spacial score (nSPS) is 12.6. The van der Waals surface area contributed by atoms with Gasteiger partial charge in [0.15, 0.2) is 0 Å². The molecular weight excluding hydrogens is 311 g/mol. The Kier molecular flexibility index (Phi) is 4.66. The third kappa shape index (κ3) is 3.61. The Balaban J connectivity index is 2.21. The van der Waals surface area contributed by atoms with E-state index in [4.69, 9.17) is 0 Å². The average Bonchev–Trinajstić information content (AvgIpc) is 2.78. The molecule has 0 bridgehead atoms. The number of rotatable bonds is 5. The highest BCUT2D eigenvalue weighted by molar-refractivity contribution is 9.10. The van der Waals surface area contributed by atoms with Gasteiger partial charge in [-0.3, -0.25) is 4.68 Å². The topological polar surface area (TPSA) is 42.7 Å². The minimum Gasteiger partial charge on any atom is -0.310 e. The molecule has 4 nitrogen and oxygen atoms in total. The van der Waals surface area contributed by atoms with Crippen molar-refractivity contribution in [3.05, 3.63) is 45.9 Å². The van der Waals surface area contributed by atoms with E-state index in [0.29, 0.717) is 10.9 Å². The second-order valence-electron chi connectivity index (χ2n) is 4.37. The van der Waals surface area contributed by atoms with Crippen LogP contribution in [0.25, 0.3) is 0 Å². The van der Waals surface area contributed by atoms with Gasteiger partial charge in [-0.05, 0) is 40.2 Å². The van der Waals surface area contributed by atoms with Gasteiger partial charge >= 0.3 is 0 Å². The van der Waals surface area contributed by atoms with Crippen LogP contribution in [0, 0.1) is 5.82 Å². The van der Waals surface area contributed by atoms with Gasteiger partial charge in [-0.15, -0.1) is 5.10 Å². The monoisotopic (exact) mass is 326 g/mol. The molecule has 2 aromatic rings. The van der Waals surface area contributed by atoms with Crippen molar-refractivity contribution in [1.29, 1.82) is 0 Å². The van der Waals surface area contributed by atoms with Crippen LogP contribution in [0.5, 0.6) is 0 Å². The summed E-state index contributed by atoms with van der Waals surface area (Å²) in [6, 6.07) is 5.22. The molecule has 1 N–H and O–H groups in total. The molecule has 1 aromatic heterocycles.